The van der Waals surface area contributed by atoms with Gasteiger partial charge < -0.3 is 0 Å². The van der Waals surface area contributed by atoms with Crippen LogP contribution in [0.4, 0.5) is 0 Å². The predicted molar refractivity (Wildman–Crippen MR) is 78.5 cm³/mol. The SMILES string of the molecule is O=c1c2sc3ccccc3sc=2c(=O)c2nsnc12. The number of nitrogens with zero attached hydrogens (tertiary/aromatic N) is 2. The molecule has 0 spiro atoms. The molecular weight excluding hydrogens is 300 g/mol. The Balaban J connectivity index is 2.47. The first-order valence-electron chi connectivity index (χ1n) is 5.36. The molecule has 4 rings (SSSR count). The zero-order valence-corrected chi connectivity index (χ0v) is 11.7. The van der Waals surface area contributed by atoms with Crippen LogP contribution >= 0.6 is 34.4 Å². The van der Waals surface area contributed by atoms with Gasteiger partial charge in [0, 0.05) is 9.40 Å². The molecule has 0 amide bonds. The molecule has 92 valence electrons. The van der Waals surface area contributed by atoms with Gasteiger partial charge in [0.1, 0.15) is 0 Å². The molecule has 1 aliphatic heterocycles. The van der Waals surface area contributed by atoms with Crippen molar-refractivity contribution in [2.75, 3.05) is 0 Å². The topological polar surface area (TPSA) is 59.9 Å². The highest BCUT2D eigenvalue weighted by atomic mass is 32.1. The van der Waals surface area contributed by atoms with E-state index in [1.54, 1.807) is 0 Å². The van der Waals surface area contributed by atoms with Gasteiger partial charge in [-0.25, -0.2) is 0 Å². The first-order valence-corrected chi connectivity index (χ1v) is 7.73. The summed E-state index contributed by atoms with van der Waals surface area (Å²) in [6, 6.07) is 7.73. The van der Waals surface area contributed by atoms with E-state index in [4.69, 9.17) is 0 Å². The summed E-state index contributed by atoms with van der Waals surface area (Å²) in [6.07, 6.45) is 0. The highest BCUT2D eigenvalue weighted by molar-refractivity contribution is 7.26. The lowest BCUT2D eigenvalue weighted by molar-refractivity contribution is 1.49. The minimum atomic E-state index is -0.189. The third kappa shape index (κ3) is 1.49. The second kappa shape index (κ2) is 3.89. The minimum absolute atomic E-state index is 0.189. The highest BCUT2D eigenvalue weighted by Crippen LogP contribution is 2.23. The summed E-state index contributed by atoms with van der Waals surface area (Å²) in [4.78, 5) is 24.7. The van der Waals surface area contributed by atoms with Crippen molar-refractivity contribution in [2.45, 2.75) is 0 Å². The smallest absolute Gasteiger partial charge is 0.226 e. The van der Waals surface area contributed by atoms with E-state index in [-0.39, 0.29) is 21.9 Å². The lowest BCUT2D eigenvalue weighted by Gasteiger charge is -1.96. The van der Waals surface area contributed by atoms with E-state index in [9.17, 15) is 9.59 Å². The molecule has 1 aromatic heterocycles. The van der Waals surface area contributed by atoms with Gasteiger partial charge in [-0.3, -0.25) is 9.59 Å². The van der Waals surface area contributed by atoms with Crippen molar-refractivity contribution >= 4 is 54.8 Å². The van der Waals surface area contributed by atoms with Crippen LogP contribution in [0, 0.1) is 9.06 Å². The minimum Gasteiger partial charge on any atom is -0.286 e. The van der Waals surface area contributed by atoms with Gasteiger partial charge in [-0.05, 0) is 12.1 Å². The standard InChI is InChI=1S/C12H4N2O2S3/c15-9-7-8(14-19-13-7)10(16)12-11(9)17-5-3-1-2-4-6(5)18-12/h1-4H. The molecule has 1 aliphatic carbocycles. The quantitative estimate of drug-likeness (QED) is 0.500. The van der Waals surface area contributed by atoms with Crippen molar-refractivity contribution < 1.29 is 0 Å². The van der Waals surface area contributed by atoms with Crippen molar-refractivity contribution in [3.8, 4) is 0 Å². The van der Waals surface area contributed by atoms with Crippen molar-refractivity contribution in [3.05, 3.63) is 53.8 Å². The lowest BCUT2D eigenvalue weighted by Crippen LogP contribution is -2.13. The monoisotopic (exact) mass is 304 g/mol. The van der Waals surface area contributed by atoms with Crippen LogP contribution < -0.4 is 10.9 Å². The van der Waals surface area contributed by atoms with Crippen molar-refractivity contribution in [1.82, 2.24) is 8.75 Å². The maximum Gasteiger partial charge on any atom is 0.226 e. The number of fused-ring (bicyclic) bond motifs is 2. The Kier molecular flexibility index (Phi) is 2.29. The van der Waals surface area contributed by atoms with E-state index in [1.165, 1.54) is 22.7 Å². The molecule has 2 aliphatic rings. The molecule has 1 aromatic carbocycles. The Bertz CT molecular complexity index is 1020. The second-order valence-electron chi connectivity index (χ2n) is 3.93. The van der Waals surface area contributed by atoms with Crippen LogP contribution in [-0.2, 0) is 0 Å². The summed E-state index contributed by atoms with van der Waals surface area (Å²) < 4.78 is 10.8. The molecule has 0 atom stereocenters. The average Bonchev–Trinajstić information content (AvgIpc) is 2.93. The predicted octanol–water partition coefficient (Wildman–Crippen LogP) is 2.41. The number of aromatic nitrogens is 2. The lowest BCUT2D eigenvalue weighted by atomic mass is 10.3. The average molecular weight is 304 g/mol. The van der Waals surface area contributed by atoms with E-state index in [1.807, 2.05) is 24.3 Å². The van der Waals surface area contributed by atoms with Gasteiger partial charge in [0.2, 0.25) is 10.9 Å². The third-order valence-corrected chi connectivity index (χ3v) is 5.94. The van der Waals surface area contributed by atoms with E-state index < -0.39 is 0 Å². The molecule has 2 aromatic rings. The zero-order chi connectivity index (χ0) is 13.0. The number of hydrogen-bond acceptors (Lipinski definition) is 7. The molecule has 0 unspecified atom stereocenters. The molecule has 0 saturated heterocycles. The molecule has 2 heterocycles. The van der Waals surface area contributed by atoms with Gasteiger partial charge in [0.15, 0.2) is 11.0 Å². The van der Waals surface area contributed by atoms with Gasteiger partial charge in [0.05, 0.1) is 20.8 Å². The van der Waals surface area contributed by atoms with Crippen LogP contribution in [0.15, 0.2) is 33.9 Å². The highest BCUT2D eigenvalue weighted by Gasteiger charge is 2.13. The zero-order valence-electron chi connectivity index (χ0n) is 9.25. The molecule has 0 saturated carbocycles. The molecule has 0 N–H and O–H groups in total. The van der Waals surface area contributed by atoms with E-state index in [0.29, 0.717) is 9.06 Å². The van der Waals surface area contributed by atoms with Crippen LogP contribution in [-0.4, -0.2) is 8.75 Å². The van der Waals surface area contributed by atoms with Gasteiger partial charge in [-0.1, -0.05) is 12.1 Å². The molecular formula is C12H4N2O2S3. The Morgan fingerprint density at radius 1 is 0.789 bits per heavy atom. The molecule has 0 fully saturated rings. The summed E-state index contributed by atoms with van der Waals surface area (Å²) >= 11 is 3.60. The van der Waals surface area contributed by atoms with Gasteiger partial charge in [-0.2, -0.15) is 8.75 Å². The van der Waals surface area contributed by atoms with E-state index >= 15 is 0 Å². The largest absolute Gasteiger partial charge is 0.286 e. The van der Waals surface area contributed by atoms with Crippen LogP contribution in [0.1, 0.15) is 0 Å². The molecule has 7 heteroatoms. The Morgan fingerprint density at radius 3 is 1.74 bits per heavy atom. The maximum absolute atomic E-state index is 12.3. The van der Waals surface area contributed by atoms with Crippen LogP contribution in [0.25, 0.3) is 20.4 Å². The normalized spacial score (nSPS) is 11.6. The summed E-state index contributed by atoms with van der Waals surface area (Å²) in [7, 11) is 0. The van der Waals surface area contributed by atoms with Crippen molar-refractivity contribution in [1.29, 1.82) is 0 Å². The van der Waals surface area contributed by atoms with Gasteiger partial charge >= 0.3 is 0 Å². The molecule has 0 radical (unpaired) electrons. The summed E-state index contributed by atoms with van der Waals surface area (Å²) in [5, 5.41) is 0. The number of benzene rings is 1. The van der Waals surface area contributed by atoms with Crippen LogP contribution in [0.5, 0.6) is 0 Å². The Hall–Kier alpha value is -1.70. The third-order valence-electron chi connectivity index (χ3n) is 2.81. The first kappa shape index (κ1) is 11.2. The summed E-state index contributed by atoms with van der Waals surface area (Å²) in [6.45, 7) is 0. The molecule has 0 bridgehead atoms. The fraction of sp³-hybridized carbons (Fsp3) is 0. The summed E-state index contributed by atoms with van der Waals surface area (Å²) in [5.41, 5.74) is 0.0122. The number of hydrogen-bond donors (Lipinski definition) is 0. The molecule has 19 heavy (non-hydrogen) atoms. The van der Waals surface area contributed by atoms with E-state index in [0.717, 1.165) is 21.1 Å². The maximum atomic E-state index is 12.3. The summed E-state index contributed by atoms with van der Waals surface area (Å²) in [5.74, 6) is 0. The fourth-order valence-electron chi connectivity index (χ4n) is 1.93. The fourth-order valence-corrected chi connectivity index (χ4v) is 4.79. The van der Waals surface area contributed by atoms with Crippen LogP contribution in [0.2, 0.25) is 0 Å². The second-order valence-corrected chi connectivity index (χ2v) is 6.56. The van der Waals surface area contributed by atoms with E-state index in [2.05, 4.69) is 8.75 Å². The van der Waals surface area contributed by atoms with Crippen molar-refractivity contribution in [2.24, 2.45) is 0 Å². The first-order chi connectivity index (χ1) is 9.25. The van der Waals surface area contributed by atoms with Gasteiger partial charge in [0.25, 0.3) is 0 Å². The number of rotatable bonds is 0. The van der Waals surface area contributed by atoms with Crippen molar-refractivity contribution in [3.63, 3.8) is 0 Å². The Morgan fingerprint density at radius 2 is 1.26 bits per heavy atom. The van der Waals surface area contributed by atoms with Gasteiger partial charge in [-0.15, -0.1) is 22.7 Å². The van der Waals surface area contributed by atoms with Crippen LogP contribution in [0.3, 0.4) is 0 Å². The Labute approximate surface area is 117 Å². The molecule has 4 nitrogen and oxygen atoms in total.